The van der Waals surface area contributed by atoms with Gasteiger partial charge in [0.1, 0.15) is 11.3 Å². The van der Waals surface area contributed by atoms with Gasteiger partial charge in [0, 0.05) is 24.8 Å². The van der Waals surface area contributed by atoms with E-state index in [-0.39, 0.29) is 11.8 Å². The van der Waals surface area contributed by atoms with Crippen molar-refractivity contribution in [2.24, 2.45) is 11.3 Å². The molecule has 2 N–H and O–H groups in total. The van der Waals surface area contributed by atoms with Crippen LogP contribution < -0.4 is 5.32 Å². The Bertz CT molecular complexity index is 1080. The fourth-order valence-electron chi connectivity index (χ4n) is 5.12. The number of hydrogen-bond donors (Lipinski definition) is 2. The Kier molecular flexibility index (Phi) is 4.08. The van der Waals surface area contributed by atoms with Crippen LogP contribution in [0.15, 0.2) is 35.4 Å². The molecule has 2 atom stereocenters. The minimum absolute atomic E-state index is 0.196. The highest BCUT2D eigenvalue weighted by Gasteiger charge is 2.70. The quantitative estimate of drug-likeness (QED) is 0.719. The van der Waals surface area contributed by atoms with E-state index in [0.717, 1.165) is 0 Å². The molecule has 2 heterocycles. The zero-order valence-electron chi connectivity index (χ0n) is 16.3. The van der Waals surface area contributed by atoms with Crippen molar-refractivity contribution in [3.05, 3.63) is 41.0 Å². The van der Waals surface area contributed by atoms with Crippen molar-refractivity contribution in [3.63, 3.8) is 0 Å². The van der Waals surface area contributed by atoms with E-state index in [1.807, 2.05) is 12.1 Å². The SMILES string of the molecule is CC(C)N1CCC2=C(C1)[C@]1(C(=O)Nc3ccccc31)C(C#N)(C#N)C(=N)C2C#N. The molecule has 1 aliphatic carbocycles. The second-order valence-corrected chi connectivity index (χ2v) is 8.02. The summed E-state index contributed by atoms with van der Waals surface area (Å²) < 4.78 is 0. The number of nitrogens with one attached hydrogen (secondary N) is 2. The molecule has 0 saturated carbocycles. The Morgan fingerprint density at radius 3 is 2.55 bits per heavy atom. The summed E-state index contributed by atoms with van der Waals surface area (Å²) in [4.78, 5) is 15.7. The summed E-state index contributed by atoms with van der Waals surface area (Å²) >= 11 is 0. The molecule has 29 heavy (non-hydrogen) atoms. The lowest BCUT2D eigenvalue weighted by atomic mass is 9.49. The Labute approximate surface area is 169 Å². The third kappa shape index (κ3) is 2.07. The standard InChI is InChI=1S/C22H20N6O/c1-13(2)28-8-7-14-15(9-23)19(26)21(11-24,12-25)22(17(14)10-28)16-5-3-4-6-18(16)27-20(22)29/h3-6,13,15,26H,7-8,10H2,1-2H3,(H,27,29)/t15?,22-/m1/s1. The number of benzene rings is 1. The summed E-state index contributed by atoms with van der Waals surface area (Å²) in [6.45, 7) is 5.18. The van der Waals surface area contributed by atoms with E-state index in [2.05, 4.69) is 30.1 Å². The van der Waals surface area contributed by atoms with Crippen LogP contribution in [-0.2, 0) is 10.2 Å². The van der Waals surface area contributed by atoms with E-state index in [9.17, 15) is 20.6 Å². The van der Waals surface area contributed by atoms with Crippen LogP contribution >= 0.6 is 0 Å². The van der Waals surface area contributed by atoms with Gasteiger partial charge in [0.15, 0.2) is 0 Å². The van der Waals surface area contributed by atoms with Gasteiger partial charge in [-0.3, -0.25) is 9.69 Å². The van der Waals surface area contributed by atoms with Gasteiger partial charge in [0.25, 0.3) is 0 Å². The van der Waals surface area contributed by atoms with Crippen LogP contribution in [-0.4, -0.2) is 35.7 Å². The van der Waals surface area contributed by atoms with Gasteiger partial charge >= 0.3 is 0 Å². The molecule has 0 aromatic heterocycles. The second kappa shape index (κ2) is 6.27. The number of amides is 1. The molecular formula is C22H20N6O. The average Bonchev–Trinajstić information content (AvgIpc) is 3.02. The molecule has 0 radical (unpaired) electrons. The zero-order valence-corrected chi connectivity index (χ0v) is 16.3. The minimum Gasteiger partial charge on any atom is -0.325 e. The highest BCUT2D eigenvalue weighted by Crippen LogP contribution is 2.60. The zero-order chi connectivity index (χ0) is 21.0. The molecule has 1 spiro atoms. The molecule has 144 valence electrons. The van der Waals surface area contributed by atoms with Crippen molar-refractivity contribution < 1.29 is 4.79 Å². The molecule has 1 aromatic carbocycles. The topological polar surface area (TPSA) is 128 Å². The van der Waals surface area contributed by atoms with Gasteiger partial charge in [-0.1, -0.05) is 18.2 Å². The largest absolute Gasteiger partial charge is 0.325 e. The number of para-hydroxylation sites is 1. The molecule has 0 saturated heterocycles. The van der Waals surface area contributed by atoms with E-state index < -0.39 is 22.7 Å². The number of fused-ring (bicyclic) bond motifs is 3. The first-order chi connectivity index (χ1) is 13.9. The van der Waals surface area contributed by atoms with Crippen molar-refractivity contribution in [2.75, 3.05) is 18.4 Å². The average molecular weight is 384 g/mol. The van der Waals surface area contributed by atoms with Gasteiger partial charge in [0.05, 0.1) is 23.9 Å². The maximum absolute atomic E-state index is 13.6. The molecule has 1 unspecified atom stereocenters. The third-order valence-corrected chi connectivity index (χ3v) is 6.59. The van der Waals surface area contributed by atoms with Gasteiger partial charge in [-0.2, -0.15) is 15.8 Å². The fraction of sp³-hybridized carbons (Fsp3) is 0.409. The van der Waals surface area contributed by atoms with Crippen LogP contribution in [0.5, 0.6) is 0 Å². The van der Waals surface area contributed by atoms with Crippen molar-refractivity contribution in [3.8, 4) is 18.2 Å². The van der Waals surface area contributed by atoms with Gasteiger partial charge in [-0.25, -0.2) is 0 Å². The number of nitrogens with zero attached hydrogens (tertiary/aromatic N) is 4. The first-order valence-electron chi connectivity index (χ1n) is 9.57. The van der Waals surface area contributed by atoms with Crippen LogP contribution in [0.25, 0.3) is 0 Å². The van der Waals surface area contributed by atoms with Crippen molar-refractivity contribution in [2.45, 2.75) is 31.7 Å². The number of hydrogen-bond acceptors (Lipinski definition) is 6. The fourth-order valence-corrected chi connectivity index (χ4v) is 5.12. The second-order valence-electron chi connectivity index (χ2n) is 8.02. The molecule has 7 nitrogen and oxygen atoms in total. The molecule has 0 fully saturated rings. The van der Waals surface area contributed by atoms with Gasteiger partial charge in [-0.15, -0.1) is 0 Å². The Morgan fingerprint density at radius 1 is 1.24 bits per heavy atom. The lowest BCUT2D eigenvalue weighted by Gasteiger charge is -2.50. The summed E-state index contributed by atoms with van der Waals surface area (Å²) in [6, 6.07) is 13.4. The molecule has 2 aliphatic heterocycles. The first kappa shape index (κ1) is 18.9. The van der Waals surface area contributed by atoms with E-state index in [1.54, 1.807) is 24.3 Å². The molecule has 7 heteroatoms. The monoisotopic (exact) mass is 384 g/mol. The molecular weight excluding hydrogens is 364 g/mol. The summed E-state index contributed by atoms with van der Waals surface area (Å²) in [5.74, 6) is -1.44. The summed E-state index contributed by atoms with van der Waals surface area (Å²) in [5, 5.41) is 41.8. The minimum atomic E-state index is -2.08. The highest BCUT2D eigenvalue weighted by atomic mass is 16.2. The summed E-state index contributed by atoms with van der Waals surface area (Å²) in [6.07, 6.45) is 0.526. The van der Waals surface area contributed by atoms with Crippen molar-refractivity contribution in [1.29, 1.82) is 21.2 Å². The predicted octanol–water partition coefficient (Wildman–Crippen LogP) is 2.49. The van der Waals surface area contributed by atoms with Gasteiger partial charge < -0.3 is 10.7 Å². The molecule has 3 aliphatic rings. The first-order valence-corrected chi connectivity index (χ1v) is 9.57. The Morgan fingerprint density at radius 2 is 1.93 bits per heavy atom. The van der Waals surface area contributed by atoms with Crippen LogP contribution in [0, 0.1) is 50.7 Å². The maximum atomic E-state index is 13.6. The number of carbonyl (C=O) groups excluding carboxylic acids is 1. The van der Waals surface area contributed by atoms with E-state index >= 15 is 0 Å². The van der Waals surface area contributed by atoms with Crippen molar-refractivity contribution >= 4 is 17.3 Å². The van der Waals surface area contributed by atoms with E-state index in [0.29, 0.717) is 41.9 Å². The maximum Gasteiger partial charge on any atom is 0.242 e. The van der Waals surface area contributed by atoms with E-state index in [1.165, 1.54) is 0 Å². The molecule has 4 rings (SSSR count). The van der Waals surface area contributed by atoms with Crippen LogP contribution in [0.2, 0.25) is 0 Å². The lowest BCUT2D eigenvalue weighted by molar-refractivity contribution is -0.121. The lowest BCUT2D eigenvalue weighted by Crippen LogP contribution is -2.62. The van der Waals surface area contributed by atoms with Crippen LogP contribution in [0.1, 0.15) is 25.8 Å². The molecule has 0 bridgehead atoms. The van der Waals surface area contributed by atoms with Crippen LogP contribution in [0.4, 0.5) is 5.69 Å². The van der Waals surface area contributed by atoms with Gasteiger partial charge in [0.2, 0.25) is 11.3 Å². The predicted molar refractivity (Wildman–Crippen MR) is 106 cm³/mol. The Hall–Kier alpha value is -3.47. The number of nitriles is 3. The smallest absolute Gasteiger partial charge is 0.242 e. The van der Waals surface area contributed by atoms with Crippen LogP contribution in [0.3, 0.4) is 0 Å². The molecule has 1 aromatic rings. The van der Waals surface area contributed by atoms with Gasteiger partial charge in [-0.05, 0) is 43.0 Å². The summed E-state index contributed by atoms with van der Waals surface area (Å²) in [7, 11) is 0. The number of anilines is 1. The van der Waals surface area contributed by atoms with Crippen molar-refractivity contribution in [1.82, 2.24) is 4.90 Å². The Balaban J connectivity index is 2.14. The number of rotatable bonds is 1. The highest BCUT2D eigenvalue weighted by molar-refractivity contribution is 6.17. The third-order valence-electron chi connectivity index (χ3n) is 6.59. The molecule has 1 amide bonds. The van der Waals surface area contributed by atoms with E-state index in [4.69, 9.17) is 5.41 Å². The normalized spacial score (nSPS) is 27.7. The number of carbonyl (C=O) groups is 1. The summed E-state index contributed by atoms with van der Waals surface area (Å²) in [5.41, 5.74) is -1.58.